The van der Waals surface area contributed by atoms with E-state index >= 15 is 0 Å². The first-order valence-corrected chi connectivity index (χ1v) is 8.15. The summed E-state index contributed by atoms with van der Waals surface area (Å²) >= 11 is 1.35. The molecule has 0 atom stereocenters. The van der Waals surface area contributed by atoms with E-state index in [-0.39, 0.29) is 12.2 Å². The maximum atomic E-state index is 13.6. The molecular weight excluding hydrogens is 346 g/mol. The van der Waals surface area contributed by atoms with Gasteiger partial charge in [-0.1, -0.05) is 12.1 Å². The first-order chi connectivity index (χ1) is 12.1. The highest BCUT2D eigenvalue weighted by Crippen LogP contribution is 2.18. The molecule has 0 aliphatic heterocycles. The molecule has 0 saturated heterocycles. The van der Waals surface area contributed by atoms with Crippen LogP contribution >= 0.6 is 11.3 Å². The van der Waals surface area contributed by atoms with E-state index in [0.29, 0.717) is 16.7 Å². The number of thiazole rings is 1. The van der Waals surface area contributed by atoms with Gasteiger partial charge in [0, 0.05) is 17.0 Å². The lowest BCUT2D eigenvalue weighted by Crippen LogP contribution is -1.99. The van der Waals surface area contributed by atoms with Gasteiger partial charge < -0.3 is 10.5 Å². The average Bonchev–Trinajstić information content (AvgIpc) is 3.00. The maximum Gasteiger partial charge on any atom is 0.205 e. The average molecular weight is 360 g/mol. The number of nitrogens with zero attached hydrogens (tertiary/aromatic N) is 2. The molecule has 0 spiro atoms. The van der Waals surface area contributed by atoms with Crippen molar-refractivity contribution in [3.8, 4) is 5.75 Å². The van der Waals surface area contributed by atoms with E-state index in [1.165, 1.54) is 23.5 Å². The molecule has 0 saturated carbocycles. The molecule has 1 aromatic heterocycles. The Hall–Kier alpha value is -3.00. The Morgan fingerprint density at radius 1 is 1.24 bits per heavy atom. The van der Waals surface area contributed by atoms with Crippen molar-refractivity contribution >= 4 is 28.5 Å². The van der Waals surface area contributed by atoms with Gasteiger partial charge in [-0.15, -0.1) is 11.3 Å². The van der Waals surface area contributed by atoms with Gasteiger partial charge in [-0.25, -0.2) is 13.8 Å². The zero-order valence-corrected chi connectivity index (χ0v) is 13.8. The van der Waals surface area contributed by atoms with E-state index in [9.17, 15) is 8.78 Å². The number of nitrogen functional groups attached to an aromatic ring is 1. The molecule has 0 aliphatic rings. The minimum absolute atomic E-state index is 0.00333. The molecule has 0 radical (unpaired) electrons. The van der Waals surface area contributed by atoms with Crippen LogP contribution in [-0.2, 0) is 6.61 Å². The Balaban J connectivity index is 1.61. The molecule has 1 heterocycles. The van der Waals surface area contributed by atoms with Crippen LogP contribution in [0.5, 0.6) is 5.75 Å². The number of aromatic nitrogens is 1. The van der Waals surface area contributed by atoms with Crippen molar-refractivity contribution in [3.05, 3.63) is 70.6 Å². The number of hydrogen-bond acceptors (Lipinski definition) is 6. The Labute approximate surface area is 146 Å². The third-order valence-corrected chi connectivity index (χ3v) is 3.93. The first kappa shape index (κ1) is 16.8. The number of hydrogen-bond donors (Lipinski definition) is 2. The van der Waals surface area contributed by atoms with Gasteiger partial charge in [0.25, 0.3) is 0 Å². The molecule has 0 fully saturated rings. The molecule has 0 unspecified atom stereocenters. The lowest BCUT2D eigenvalue weighted by Gasteiger charge is -2.08. The molecule has 3 aromatic rings. The molecule has 25 heavy (non-hydrogen) atoms. The summed E-state index contributed by atoms with van der Waals surface area (Å²) in [5, 5.41) is 6.37. The van der Waals surface area contributed by atoms with E-state index in [1.54, 1.807) is 29.8 Å². The summed E-state index contributed by atoms with van der Waals surface area (Å²) in [6.07, 6.45) is 1.60. The van der Waals surface area contributed by atoms with Crippen LogP contribution in [0.1, 0.15) is 11.1 Å². The maximum absolute atomic E-state index is 13.6. The zero-order chi connectivity index (χ0) is 17.6. The Bertz CT molecular complexity index is 898. The Kier molecular flexibility index (Phi) is 5.20. The number of hydrazone groups is 1. The molecule has 8 heteroatoms. The van der Waals surface area contributed by atoms with Crippen LogP contribution in [0.3, 0.4) is 0 Å². The van der Waals surface area contributed by atoms with Crippen molar-refractivity contribution in [2.45, 2.75) is 6.61 Å². The normalized spacial score (nSPS) is 11.0. The first-order valence-electron chi connectivity index (χ1n) is 7.27. The number of anilines is 2. The predicted molar refractivity (Wildman–Crippen MR) is 94.9 cm³/mol. The number of benzene rings is 2. The fourth-order valence-electron chi connectivity index (χ4n) is 1.98. The second-order valence-corrected chi connectivity index (χ2v) is 5.90. The van der Waals surface area contributed by atoms with Crippen molar-refractivity contribution in [2.75, 3.05) is 11.2 Å². The molecule has 3 rings (SSSR count). The van der Waals surface area contributed by atoms with E-state index in [0.717, 1.165) is 11.6 Å². The third-order valence-electron chi connectivity index (χ3n) is 3.16. The number of nitrogens with one attached hydrogen (secondary N) is 1. The quantitative estimate of drug-likeness (QED) is 0.514. The minimum atomic E-state index is -0.635. The molecule has 0 bridgehead atoms. The summed E-state index contributed by atoms with van der Waals surface area (Å²) in [4.78, 5) is 4.02. The topological polar surface area (TPSA) is 72.5 Å². The van der Waals surface area contributed by atoms with Gasteiger partial charge in [-0.05, 0) is 29.8 Å². The lowest BCUT2D eigenvalue weighted by molar-refractivity contribution is 0.299. The highest BCUT2D eigenvalue weighted by Gasteiger charge is 2.05. The van der Waals surface area contributed by atoms with Crippen molar-refractivity contribution < 1.29 is 13.5 Å². The van der Waals surface area contributed by atoms with E-state index in [2.05, 4.69) is 15.5 Å². The van der Waals surface area contributed by atoms with Gasteiger partial charge in [0.2, 0.25) is 5.13 Å². The number of rotatable bonds is 6. The van der Waals surface area contributed by atoms with Crippen LogP contribution in [0.15, 0.2) is 52.9 Å². The molecule has 3 N–H and O–H groups in total. The molecule has 0 aliphatic carbocycles. The predicted octanol–water partition coefficient (Wildman–Crippen LogP) is 4.03. The number of nitrogens with two attached hydrogens (primary N) is 1. The lowest BCUT2D eigenvalue weighted by atomic mass is 10.2. The van der Waals surface area contributed by atoms with Crippen molar-refractivity contribution in [2.24, 2.45) is 5.10 Å². The SMILES string of the molecule is Nc1csc(NN=Cc2cccc(OCc3ccc(F)cc3F)c2)n1. The van der Waals surface area contributed by atoms with Crippen LogP contribution in [0.25, 0.3) is 0 Å². The molecule has 2 aromatic carbocycles. The summed E-state index contributed by atoms with van der Waals surface area (Å²) in [5.41, 5.74) is 9.37. The molecule has 0 amide bonds. The second-order valence-electron chi connectivity index (χ2n) is 5.04. The summed E-state index contributed by atoms with van der Waals surface area (Å²) in [5.74, 6) is -0.268. The monoisotopic (exact) mass is 360 g/mol. The second kappa shape index (κ2) is 7.71. The summed E-state index contributed by atoms with van der Waals surface area (Å²) < 4.78 is 32.0. The van der Waals surface area contributed by atoms with Gasteiger partial charge in [0.05, 0.1) is 6.21 Å². The standard InChI is InChI=1S/C17H14F2N4OS/c18-13-5-4-12(15(19)7-13)9-24-14-3-1-2-11(6-14)8-21-23-17-22-16(20)10-25-17/h1-8,10H,9,20H2,(H,22,23). The van der Waals surface area contributed by atoms with Crippen molar-refractivity contribution in [1.29, 1.82) is 0 Å². The fourth-order valence-corrected chi connectivity index (χ4v) is 2.53. The minimum Gasteiger partial charge on any atom is -0.489 e. The van der Waals surface area contributed by atoms with Gasteiger partial charge in [0.1, 0.15) is 29.8 Å². The summed E-state index contributed by atoms with van der Waals surface area (Å²) in [6, 6.07) is 10.5. The van der Waals surface area contributed by atoms with Gasteiger partial charge in [-0.3, -0.25) is 5.43 Å². The summed E-state index contributed by atoms with van der Waals surface area (Å²) in [6.45, 7) is 0.00333. The highest BCUT2D eigenvalue weighted by molar-refractivity contribution is 7.14. The molecular formula is C17H14F2N4OS. The Morgan fingerprint density at radius 3 is 2.88 bits per heavy atom. The van der Waals surface area contributed by atoms with Gasteiger partial charge in [0.15, 0.2) is 0 Å². The van der Waals surface area contributed by atoms with E-state index in [1.807, 2.05) is 6.07 Å². The van der Waals surface area contributed by atoms with E-state index in [4.69, 9.17) is 10.5 Å². The van der Waals surface area contributed by atoms with Gasteiger partial charge >= 0.3 is 0 Å². The number of halogens is 2. The molecule has 128 valence electrons. The fraction of sp³-hybridized carbons (Fsp3) is 0.0588. The summed E-state index contributed by atoms with van der Waals surface area (Å²) in [7, 11) is 0. The van der Waals surface area contributed by atoms with Crippen LogP contribution in [0.2, 0.25) is 0 Å². The van der Waals surface area contributed by atoms with E-state index < -0.39 is 11.6 Å². The van der Waals surface area contributed by atoms with Crippen LogP contribution in [0.4, 0.5) is 19.7 Å². The smallest absolute Gasteiger partial charge is 0.205 e. The number of ether oxygens (including phenoxy) is 1. The zero-order valence-electron chi connectivity index (χ0n) is 12.9. The van der Waals surface area contributed by atoms with Gasteiger partial charge in [-0.2, -0.15) is 5.10 Å². The van der Waals surface area contributed by atoms with Crippen LogP contribution in [0, 0.1) is 11.6 Å². The van der Waals surface area contributed by atoms with Crippen LogP contribution in [-0.4, -0.2) is 11.2 Å². The highest BCUT2D eigenvalue weighted by atomic mass is 32.1. The Morgan fingerprint density at radius 2 is 2.12 bits per heavy atom. The van der Waals surface area contributed by atoms with Crippen molar-refractivity contribution in [1.82, 2.24) is 4.98 Å². The molecule has 5 nitrogen and oxygen atoms in total. The van der Waals surface area contributed by atoms with Crippen molar-refractivity contribution in [3.63, 3.8) is 0 Å². The third kappa shape index (κ3) is 4.74. The largest absolute Gasteiger partial charge is 0.489 e. The van der Waals surface area contributed by atoms with Crippen LogP contribution < -0.4 is 15.9 Å².